The van der Waals surface area contributed by atoms with Crippen LogP contribution < -0.4 is 27.7 Å². The Morgan fingerprint density at radius 3 is 2.24 bits per heavy atom. The van der Waals surface area contributed by atoms with Gasteiger partial charge in [0.2, 0.25) is 5.95 Å². The molecule has 2 aromatic heterocycles. The lowest BCUT2D eigenvalue weighted by molar-refractivity contribution is -0.141. The highest BCUT2D eigenvalue weighted by molar-refractivity contribution is 5.97. The van der Waals surface area contributed by atoms with Gasteiger partial charge in [-0.2, -0.15) is 4.98 Å². The van der Waals surface area contributed by atoms with Crippen molar-refractivity contribution in [3.8, 4) is 0 Å². The monoisotopic (exact) mass is 530 g/mol. The number of fused-ring (bicyclic) bond motifs is 1. The highest BCUT2D eigenvalue weighted by atomic mass is 16.4. The molecule has 202 valence electrons. The standard InChI is InChI=1S/C19H19N7O6.C3H7NO2/c20-19-25-15-14(17(30)26-19)23-11(8-22-15)7-21-10-3-1-9(2-4-10)16(29)24-12(18(31)32)5-6-13(27)28;1-2(4)3(5)6/h1-4,8,12,21H,5-7H2,(H,24,29)(H,27,28)(H,31,32)(H3,20,22,25,26,30);2H,4H2,1H3,(H,5,6)/t;2-/m.0/s1. The fraction of sp³-hybridized carbons (Fsp3) is 0.273. The number of nitrogens with one attached hydrogen (secondary N) is 3. The molecule has 0 radical (unpaired) electrons. The van der Waals surface area contributed by atoms with Crippen LogP contribution in [0.4, 0.5) is 11.6 Å². The molecule has 0 saturated heterocycles. The van der Waals surface area contributed by atoms with Crippen LogP contribution in [0, 0.1) is 0 Å². The Kier molecular flexibility index (Phi) is 10.2. The molecule has 0 saturated carbocycles. The van der Waals surface area contributed by atoms with E-state index < -0.39 is 41.5 Å². The van der Waals surface area contributed by atoms with Crippen molar-refractivity contribution in [2.75, 3.05) is 11.1 Å². The zero-order valence-corrected chi connectivity index (χ0v) is 20.0. The summed E-state index contributed by atoms with van der Waals surface area (Å²) in [6.07, 6.45) is 0.840. The van der Waals surface area contributed by atoms with Crippen molar-refractivity contribution in [1.29, 1.82) is 0 Å². The quantitative estimate of drug-likeness (QED) is 0.162. The van der Waals surface area contributed by atoms with Gasteiger partial charge in [-0.15, -0.1) is 0 Å². The van der Waals surface area contributed by atoms with Gasteiger partial charge in [0, 0.05) is 17.7 Å². The van der Waals surface area contributed by atoms with Crippen molar-refractivity contribution in [3.63, 3.8) is 0 Å². The van der Waals surface area contributed by atoms with Crippen LogP contribution in [0.5, 0.6) is 0 Å². The maximum atomic E-state index is 12.3. The molecular formula is C22H26N8O8. The maximum Gasteiger partial charge on any atom is 0.326 e. The zero-order valence-electron chi connectivity index (χ0n) is 20.0. The molecular weight excluding hydrogens is 504 g/mol. The predicted octanol–water partition coefficient (Wildman–Crippen LogP) is -0.627. The van der Waals surface area contributed by atoms with Gasteiger partial charge in [-0.05, 0) is 37.6 Å². The van der Waals surface area contributed by atoms with Crippen LogP contribution in [-0.2, 0) is 20.9 Å². The van der Waals surface area contributed by atoms with E-state index in [1.807, 2.05) is 0 Å². The predicted molar refractivity (Wildman–Crippen MR) is 133 cm³/mol. The summed E-state index contributed by atoms with van der Waals surface area (Å²) in [5, 5.41) is 31.1. The molecule has 10 N–H and O–H groups in total. The van der Waals surface area contributed by atoms with Gasteiger partial charge in [-0.1, -0.05) is 0 Å². The number of aliphatic carboxylic acids is 3. The van der Waals surface area contributed by atoms with E-state index >= 15 is 0 Å². The molecule has 0 aliphatic rings. The number of carbonyl (C=O) groups is 4. The van der Waals surface area contributed by atoms with Gasteiger partial charge in [0.1, 0.15) is 12.1 Å². The lowest BCUT2D eigenvalue weighted by Crippen LogP contribution is -2.41. The number of nitrogens with two attached hydrogens (primary N) is 2. The molecule has 0 spiro atoms. The molecule has 1 unspecified atom stereocenters. The van der Waals surface area contributed by atoms with E-state index in [0.717, 1.165) is 0 Å². The Hall–Kier alpha value is -5.12. The first-order chi connectivity index (χ1) is 17.9. The van der Waals surface area contributed by atoms with E-state index in [1.165, 1.54) is 25.3 Å². The third kappa shape index (κ3) is 8.83. The normalized spacial score (nSPS) is 11.9. The molecule has 3 rings (SSSR count). The number of nitrogens with zero attached hydrogens (tertiary/aromatic N) is 3. The van der Waals surface area contributed by atoms with Crippen LogP contribution in [0.2, 0.25) is 0 Å². The van der Waals surface area contributed by atoms with Crippen molar-refractivity contribution >= 4 is 46.6 Å². The van der Waals surface area contributed by atoms with Crippen molar-refractivity contribution < 1.29 is 34.5 Å². The topological polar surface area (TPSA) is 277 Å². The van der Waals surface area contributed by atoms with E-state index in [1.54, 1.807) is 12.1 Å². The van der Waals surface area contributed by atoms with Crippen LogP contribution >= 0.6 is 0 Å². The Morgan fingerprint density at radius 1 is 1.05 bits per heavy atom. The molecule has 0 aliphatic heterocycles. The molecule has 1 aromatic carbocycles. The van der Waals surface area contributed by atoms with Crippen molar-refractivity contribution in [2.45, 2.75) is 38.4 Å². The lowest BCUT2D eigenvalue weighted by atomic mass is 10.1. The minimum absolute atomic E-state index is 0.0524. The number of aromatic nitrogens is 4. The van der Waals surface area contributed by atoms with Gasteiger partial charge in [-0.25, -0.2) is 14.8 Å². The fourth-order valence-electron chi connectivity index (χ4n) is 2.75. The number of hydrogen-bond acceptors (Lipinski definition) is 11. The minimum Gasteiger partial charge on any atom is -0.481 e. The Morgan fingerprint density at radius 2 is 1.68 bits per heavy atom. The molecule has 38 heavy (non-hydrogen) atoms. The van der Waals surface area contributed by atoms with Crippen LogP contribution in [0.1, 0.15) is 35.8 Å². The van der Waals surface area contributed by atoms with E-state index in [9.17, 15) is 24.0 Å². The fourth-order valence-corrected chi connectivity index (χ4v) is 2.75. The van der Waals surface area contributed by atoms with Gasteiger partial charge in [0.25, 0.3) is 11.5 Å². The molecule has 2 heterocycles. The minimum atomic E-state index is -1.31. The zero-order chi connectivity index (χ0) is 28.4. The van der Waals surface area contributed by atoms with E-state index in [-0.39, 0.29) is 42.1 Å². The van der Waals surface area contributed by atoms with E-state index in [4.69, 9.17) is 26.8 Å². The summed E-state index contributed by atoms with van der Waals surface area (Å²) < 4.78 is 0. The van der Waals surface area contributed by atoms with Crippen molar-refractivity contribution in [3.05, 3.63) is 52.1 Å². The molecule has 1 amide bonds. The summed E-state index contributed by atoms with van der Waals surface area (Å²) in [5.41, 5.74) is 11.3. The van der Waals surface area contributed by atoms with Gasteiger partial charge < -0.3 is 37.4 Å². The summed E-state index contributed by atoms with van der Waals surface area (Å²) in [7, 11) is 0. The number of carboxylic acids is 3. The number of nitrogen functional groups attached to an aromatic ring is 1. The number of benzene rings is 1. The number of anilines is 2. The Bertz CT molecular complexity index is 1370. The summed E-state index contributed by atoms with van der Waals surface area (Å²) in [6, 6.07) is 4.13. The molecule has 16 heteroatoms. The highest BCUT2D eigenvalue weighted by Gasteiger charge is 2.21. The number of carbonyl (C=O) groups excluding carboxylic acids is 1. The van der Waals surface area contributed by atoms with Crippen LogP contribution in [-0.4, -0.2) is 71.2 Å². The first-order valence-electron chi connectivity index (χ1n) is 11.0. The molecule has 2 atom stereocenters. The number of amides is 1. The average molecular weight is 530 g/mol. The number of H-pyrrole nitrogens is 1. The summed E-state index contributed by atoms with van der Waals surface area (Å²) in [5.74, 6) is -4.12. The molecule has 3 aromatic rings. The molecule has 0 aliphatic carbocycles. The first kappa shape index (κ1) is 29.1. The second-order valence-electron chi connectivity index (χ2n) is 7.84. The van der Waals surface area contributed by atoms with Crippen LogP contribution in [0.15, 0.2) is 35.3 Å². The van der Waals surface area contributed by atoms with Crippen molar-refractivity contribution in [2.24, 2.45) is 5.73 Å². The first-order valence-corrected chi connectivity index (χ1v) is 11.0. The largest absolute Gasteiger partial charge is 0.481 e. The molecule has 0 bridgehead atoms. The van der Waals surface area contributed by atoms with Gasteiger partial charge in [-0.3, -0.25) is 24.2 Å². The van der Waals surface area contributed by atoms with Crippen LogP contribution in [0.25, 0.3) is 11.2 Å². The van der Waals surface area contributed by atoms with Gasteiger partial charge in [0.15, 0.2) is 11.2 Å². The summed E-state index contributed by atoms with van der Waals surface area (Å²) in [4.78, 5) is 70.1. The van der Waals surface area contributed by atoms with Gasteiger partial charge in [0.05, 0.1) is 18.4 Å². The smallest absolute Gasteiger partial charge is 0.326 e. The van der Waals surface area contributed by atoms with Crippen LogP contribution in [0.3, 0.4) is 0 Å². The SMILES string of the molecule is C[C@H](N)C(=O)O.Nc1nc2ncc(CNc3ccc(C(=O)NC(CCC(=O)O)C(=O)O)cc3)nc2c(=O)[nH]1. The van der Waals surface area contributed by atoms with Gasteiger partial charge >= 0.3 is 17.9 Å². The second-order valence-corrected chi connectivity index (χ2v) is 7.84. The van der Waals surface area contributed by atoms with E-state index in [2.05, 4.69) is 30.6 Å². The third-order valence-corrected chi connectivity index (χ3v) is 4.75. The number of aromatic amines is 1. The number of rotatable bonds is 10. The Balaban J connectivity index is 0.000000757. The molecule has 0 fully saturated rings. The summed E-state index contributed by atoms with van der Waals surface area (Å²) >= 11 is 0. The average Bonchev–Trinajstić information content (AvgIpc) is 2.85. The lowest BCUT2D eigenvalue weighted by Gasteiger charge is -2.14. The third-order valence-electron chi connectivity index (χ3n) is 4.75. The summed E-state index contributed by atoms with van der Waals surface area (Å²) in [6.45, 7) is 1.65. The van der Waals surface area contributed by atoms with Crippen molar-refractivity contribution in [1.82, 2.24) is 25.3 Å². The Labute approximate surface area is 214 Å². The second kappa shape index (κ2) is 13.3. The van der Waals surface area contributed by atoms with E-state index in [0.29, 0.717) is 11.4 Å². The highest BCUT2D eigenvalue weighted by Crippen LogP contribution is 2.12. The molecule has 16 nitrogen and oxygen atoms in total. The number of carboxylic acid groups (broad SMARTS) is 3. The maximum absolute atomic E-state index is 12.3. The number of hydrogen-bond donors (Lipinski definition) is 8.